The van der Waals surface area contributed by atoms with Crippen LogP contribution in [0.25, 0.3) is 0 Å². The molecule has 0 aromatic heterocycles. The molecule has 1 aromatic carbocycles. The molecule has 0 aliphatic heterocycles. The summed E-state index contributed by atoms with van der Waals surface area (Å²) in [5.41, 5.74) is 1.29. The summed E-state index contributed by atoms with van der Waals surface area (Å²) in [5.74, 6) is 0.908. The van der Waals surface area contributed by atoms with E-state index in [2.05, 4.69) is 52.2 Å². The number of nitrogens with one attached hydrogen (secondary N) is 1. The van der Waals surface area contributed by atoms with Gasteiger partial charge in [-0.1, -0.05) is 25.0 Å². The average Bonchev–Trinajstić information content (AvgIpc) is 2.69. The monoisotopic (exact) mass is 301 g/mol. The Bertz CT molecular complexity index is 292. The maximum atomic E-state index is 3.55. The molecule has 0 amide bonds. The third-order valence-electron chi connectivity index (χ3n) is 2.93. The van der Waals surface area contributed by atoms with Crippen LogP contribution in [0.1, 0.15) is 25.7 Å². The fraction of sp³-hybridized carbons (Fsp3) is 0.500. The zero-order valence-corrected chi connectivity index (χ0v) is 10.5. The first-order valence-corrected chi connectivity index (χ1v) is 6.42. The van der Waals surface area contributed by atoms with Crippen LogP contribution in [0.4, 0.5) is 5.69 Å². The zero-order chi connectivity index (χ0) is 9.80. The summed E-state index contributed by atoms with van der Waals surface area (Å²) in [7, 11) is 0. The number of halogens is 1. The van der Waals surface area contributed by atoms with Crippen molar-refractivity contribution in [3.05, 3.63) is 27.8 Å². The zero-order valence-electron chi connectivity index (χ0n) is 8.30. The molecule has 2 heteroatoms. The second kappa shape index (κ2) is 5.01. The number of benzene rings is 1. The second-order valence-corrected chi connectivity index (χ2v) is 5.17. The van der Waals surface area contributed by atoms with E-state index in [1.54, 1.807) is 0 Å². The highest BCUT2D eigenvalue weighted by Crippen LogP contribution is 2.25. The van der Waals surface area contributed by atoms with E-state index in [1.165, 1.54) is 34.9 Å². The van der Waals surface area contributed by atoms with Gasteiger partial charge in [-0.2, -0.15) is 0 Å². The Labute approximate surface area is 99.4 Å². The summed E-state index contributed by atoms with van der Waals surface area (Å²) in [4.78, 5) is 0. The summed E-state index contributed by atoms with van der Waals surface area (Å²) in [6.45, 7) is 1.15. The third-order valence-corrected chi connectivity index (χ3v) is 3.87. The lowest BCUT2D eigenvalue weighted by atomic mass is 10.1. The van der Waals surface area contributed by atoms with Crippen molar-refractivity contribution in [2.24, 2.45) is 5.92 Å². The lowest BCUT2D eigenvalue weighted by Gasteiger charge is -2.12. The molecule has 1 nitrogen and oxygen atoms in total. The van der Waals surface area contributed by atoms with Gasteiger partial charge in [0.25, 0.3) is 0 Å². The minimum absolute atomic E-state index is 0.908. The predicted molar refractivity (Wildman–Crippen MR) is 69.6 cm³/mol. The number of rotatable bonds is 3. The van der Waals surface area contributed by atoms with Gasteiger partial charge in [-0.15, -0.1) is 0 Å². The van der Waals surface area contributed by atoms with Crippen LogP contribution in [0.5, 0.6) is 0 Å². The largest absolute Gasteiger partial charge is 0.384 e. The first-order valence-electron chi connectivity index (χ1n) is 5.34. The third kappa shape index (κ3) is 2.62. The van der Waals surface area contributed by atoms with Gasteiger partial charge in [0.05, 0.1) is 0 Å². The Morgan fingerprint density at radius 2 is 1.93 bits per heavy atom. The van der Waals surface area contributed by atoms with Gasteiger partial charge in [-0.25, -0.2) is 0 Å². The Balaban J connectivity index is 1.88. The predicted octanol–water partition coefficient (Wildman–Crippen LogP) is 3.89. The van der Waals surface area contributed by atoms with Crippen LogP contribution in [-0.4, -0.2) is 6.54 Å². The Hall–Kier alpha value is -0.250. The lowest BCUT2D eigenvalue weighted by Crippen LogP contribution is -2.11. The number of para-hydroxylation sites is 1. The van der Waals surface area contributed by atoms with E-state index < -0.39 is 0 Å². The molecule has 1 fully saturated rings. The van der Waals surface area contributed by atoms with Crippen molar-refractivity contribution in [3.8, 4) is 0 Å². The van der Waals surface area contributed by atoms with E-state index in [0.29, 0.717) is 0 Å². The first kappa shape index (κ1) is 10.3. The summed E-state index contributed by atoms with van der Waals surface area (Å²) >= 11 is 2.38. The van der Waals surface area contributed by atoms with Crippen LogP contribution in [0.3, 0.4) is 0 Å². The van der Waals surface area contributed by atoms with Crippen molar-refractivity contribution in [2.75, 3.05) is 11.9 Å². The smallest absolute Gasteiger partial charge is 0.0475 e. The van der Waals surface area contributed by atoms with Crippen molar-refractivity contribution in [1.82, 2.24) is 0 Å². The van der Waals surface area contributed by atoms with Crippen molar-refractivity contribution < 1.29 is 0 Å². The average molecular weight is 301 g/mol. The molecule has 2 rings (SSSR count). The summed E-state index contributed by atoms with van der Waals surface area (Å²) in [6, 6.07) is 8.50. The molecule has 0 unspecified atom stereocenters. The fourth-order valence-electron chi connectivity index (χ4n) is 2.07. The van der Waals surface area contributed by atoms with E-state index in [9.17, 15) is 0 Å². The van der Waals surface area contributed by atoms with Crippen molar-refractivity contribution in [1.29, 1.82) is 0 Å². The minimum atomic E-state index is 0.908. The first-order chi connectivity index (χ1) is 6.86. The molecule has 1 aliphatic rings. The molecule has 1 aromatic rings. The Morgan fingerprint density at radius 3 is 2.64 bits per heavy atom. The fourth-order valence-corrected chi connectivity index (χ4v) is 2.65. The van der Waals surface area contributed by atoms with E-state index in [-0.39, 0.29) is 0 Å². The van der Waals surface area contributed by atoms with Gasteiger partial charge in [-0.05, 0) is 53.5 Å². The number of anilines is 1. The number of hydrogen-bond donors (Lipinski definition) is 1. The molecule has 76 valence electrons. The quantitative estimate of drug-likeness (QED) is 0.835. The summed E-state index contributed by atoms with van der Waals surface area (Å²) < 4.78 is 1.32. The van der Waals surface area contributed by atoms with Crippen LogP contribution >= 0.6 is 22.6 Å². The molecule has 0 spiro atoms. The van der Waals surface area contributed by atoms with Crippen molar-refractivity contribution >= 4 is 28.3 Å². The van der Waals surface area contributed by atoms with Crippen molar-refractivity contribution in [3.63, 3.8) is 0 Å². The van der Waals surface area contributed by atoms with Gasteiger partial charge in [-0.3, -0.25) is 0 Å². The molecule has 0 atom stereocenters. The highest BCUT2D eigenvalue weighted by Gasteiger charge is 2.14. The summed E-state index contributed by atoms with van der Waals surface area (Å²) in [5, 5.41) is 3.55. The van der Waals surface area contributed by atoms with Gasteiger partial charge in [0.15, 0.2) is 0 Å². The molecule has 0 radical (unpaired) electrons. The highest BCUT2D eigenvalue weighted by atomic mass is 127. The van der Waals surface area contributed by atoms with E-state index in [0.717, 1.165) is 12.5 Å². The lowest BCUT2D eigenvalue weighted by molar-refractivity contribution is 0.580. The maximum absolute atomic E-state index is 3.55. The minimum Gasteiger partial charge on any atom is -0.384 e. The van der Waals surface area contributed by atoms with Gasteiger partial charge in [0.2, 0.25) is 0 Å². The van der Waals surface area contributed by atoms with Gasteiger partial charge < -0.3 is 5.32 Å². The second-order valence-electron chi connectivity index (χ2n) is 4.01. The molecule has 1 aliphatic carbocycles. The van der Waals surface area contributed by atoms with E-state index in [1.807, 2.05) is 0 Å². The maximum Gasteiger partial charge on any atom is 0.0475 e. The SMILES string of the molecule is Ic1ccccc1NCC1CCCC1. The van der Waals surface area contributed by atoms with Crippen molar-refractivity contribution in [2.45, 2.75) is 25.7 Å². The topological polar surface area (TPSA) is 12.0 Å². The number of hydrogen-bond acceptors (Lipinski definition) is 1. The standard InChI is InChI=1S/C12H16IN/c13-11-7-3-4-8-12(11)14-9-10-5-1-2-6-10/h3-4,7-8,10,14H,1-2,5-6,9H2. The molecular formula is C12H16IN. The molecular weight excluding hydrogens is 285 g/mol. The van der Waals surface area contributed by atoms with Gasteiger partial charge >= 0.3 is 0 Å². The van der Waals surface area contributed by atoms with E-state index >= 15 is 0 Å². The summed E-state index contributed by atoms with van der Waals surface area (Å²) in [6.07, 6.45) is 5.68. The highest BCUT2D eigenvalue weighted by molar-refractivity contribution is 14.1. The molecule has 14 heavy (non-hydrogen) atoms. The molecule has 1 saturated carbocycles. The molecule has 0 heterocycles. The molecule has 1 N–H and O–H groups in total. The molecule has 0 bridgehead atoms. The van der Waals surface area contributed by atoms with Crippen LogP contribution in [0, 0.1) is 9.49 Å². The van der Waals surface area contributed by atoms with E-state index in [4.69, 9.17) is 0 Å². The Kier molecular flexibility index (Phi) is 3.67. The normalized spacial score (nSPS) is 17.2. The Morgan fingerprint density at radius 1 is 1.21 bits per heavy atom. The van der Waals surface area contributed by atoms with Gasteiger partial charge in [0, 0.05) is 15.8 Å². The van der Waals surface area contributed by atoms with Crippen LogP contribution in [0.15, 0.2) is 24.3 Å². The van der Waals surface area contributed by atoms with Crippen LogP contribution in [-0.2, 0) is 0 Å². The van der Waals surface area contributed by atoms with Gasteiger partial charge in [0.1, 0.15) is 0 Å². The van der Waals surface area contributed by atoms with Crippen LogP contribution < -0.4 is 5.32 Å². The molecule has 0 saturated heterocycles. The van der Waals surface area contributed by atoms with Crippen LogP contribution in [0.2, 0.25) is 0 Å².